The molecule has 0 aromatic heterocycles. The van der Waals surface area contributed by atoms with Gasteiger partial charge >= 0.3 is 17.9 Å². The first-order chi connectivity index (χ1) is 14.2. The Hall–Kier alpha value is -2.37. The van der Waals surface area contributed by atoms with Gasteiger partial charge in [0.15, 0.2) is 0 Å². The van der Waals surface area contributed by atoms with Gasteiger partial charge in [-0.15, -0.1) is 0 Å². The van der Waals surface area contributed by atoms with Crippen molar-refractivity contribution in [2.45, 2.75) is 77.9 Å². The quantitative estimate of drug-likeness (QED) is 0.551. The van der Waals surface area contributed by atoms with Gasteiger partial charge in [-0.2, -0.15) is 0 Å². The highest BCUT2D eigenvalue weighted by Crippen LogP contribution is 2.62. The SMILES string of the molecule is CC(=O)Oc1ccc2c(c1)CCC1C2C(OC(C)=O)CC2(C)C(OC(C)=O)CCC12. The van der Waals surface area contributed by atoms with Crippen molar-refractivity contribution >= 4 is 17.9 Å². The van der Waals surface area contributed by atoms with Crippen LogP contribution in [0.5, 0.6) is 5.75 Å². The Balaban J connectivity index is 1.70. The molecule has 30 heavy (non-hydrogen) atoms. The fourth-order valence-electron chi connectivity index (χ4n) is 6.51. The summed E-state index contributed by atoms with van der Waals surface area (Å²) in [7, 11) is 0. The van der Waals surface area contributed by atoms with Gasteiger partial charge in [0, 0.05) is 32.1 Å². The van der Waals surface area contributed by atoms with Crippen LogP contribution in [0.4, 0.5) is 0 Å². The molecule has 2 saturated carbocycles. The molecule has 1 aromatic carbocycles. The molecular weight excluding hydrogens is 384 g/mol. The number of esters is 3. The van der Waals surface area contributed by atoms with Crippen molar-refractivity contribution < 1.29 is 28.6 Å². The second-order valence-corrected chi connectivity index (χ2v) is 9.32. The normalized spacial score (nSPS) is 34.2. The number of hydrogen-bond donors (Lipinski definition) is 0. The van der Waals surface area contributed by atoms with Crippen LogP contribution in [0.1, 0.15) is 70.4 Å². The van der Waals surface area contributed by atoms with Crippen LogP contribution < -0.4 is 4.74 Å². The minimum atomic E-state index is -0.336. The van der Waals surface area contributed by atoms with E-state index in [-0.39, 0.29) is 41.4 Å². The number of ether oxygens (including phenoxy) is 3. The van der Waals surface area contributed by atoms with Crippen LogP contribution in [0.25, 0.3) is 0 Å². The average Bonchev–Trinajstić information content (AvgIpc) is 2.95. The summed E-state index contributed by atoms with van der Waals surface area (Å²) in [5.74, 6) is 0.572. The van der Waals surface area contributed by atoms with Gasteiger partial charge in [-0.05, 0) is 67.2 Å². The second kappa shape index (κ2) is 7.71. The highest BCUT2D eigenvalue weighted by atomic mass is 16.6. The standard InChI is InChI=1S/C24H30O6/c1-13(25)28-17-6-8-18-16(11-17)5-7-19-20-9-10-22(30-15(3)27)24(20,4)12-21(23(18)19)29-14(2)26/h6,8,11,19-23H,5,7,9-10,12H2,1-4H3. The lowest BCUT2D eigenvalue weighted by molar-refractivity contribution is -0.168. The molecule has 0 N–H and O–H groups in total. The Kier molecular flexibility index (Phi) is 5.37. The van der Waals surface area contributed by atoms with Gasteiger partial charge in [-0.25, -0.2) is 0 Å². The Morgan fingerprint density at radius 3 is 2.37 bits per heavy atom. The van der Waals surface area contributed by atoms with Crippen molar-refractivity contribution in [3.05, 3.63) is 29.3 Å². The van der Waals surface area contributed by atoms with Gasteiger partial charge in [-0.1, -0.05) is 13.0 Å². The third kappa shape index (κ3) is 3.61. The van der Waals surface area contributed by atoms with E-state index in [9.17, 15) is 14.4 Å². The summed E-state index contributed by atoms with van der Waals surface area (Å²) >= 11 is 0. The largest absolute Gasteiger partial charge is 0.462 e. The molecular formula is C24H30O6. The summed E-state index contributed by atoms with van der Waals surface area (Å²) in [5.41, 5.74) is 2.15. The fourth-order valence-corrected chi connectivity index (χ4v) is 6.51. The van der Waals surface area contributed by atoms with E-state index in [2.05, 4.69) is 6.92 Å². The summed E-state index contributed by atoms with van der Waals surface area (Å²) in [5, 5.41) is 0. The monoisotopic (exact) mass is 414 g/mol. The zero-order valence-corrected chi connectivity index (χ0v) is 18.1. The van der Waals surface area contributed by atoms with Crippen LogP contribution in [0.15, 0.2) is 18.2 Å². The van der Waals surface area contributed by atoms with Crippen LogP contribution in [0.2, 0.25) is 0 Å². The van der Waals surface area contributed by atoms with Crippen LogP contribution in [0.3, 0.4) is 0 Å². The Bertz CT molecular complexity index is 876. The first-order valence-electron chi connectivity index (χ1n) is 10.8. The van der Waals surface area contributed by atoms with Gasteiger partial charge in [0.1, 0.15) is 18.0 Å². The molecule has 162 valence electrons. The van der Waals surface area contributed by atoms with Gasteiger partial charge in [0.2, 0.25) is 0 Å². The molecule has 6 heteroatoms. The maximum atomic E-state index is 12.0. The first-order valence-corrected chi connectivity index (χ1v) is 10.8. The molecule has 0 spiro atoms. The average molecular weight is 414 g/mol. The number of aryl methyl sites for hydroxylation is 1. The molecule has 6 atom stereocenters. The van der Waals surface area contributed by atoms with E-state index in [1.54, 1.807) is 0 Å². The smallest absolute Gasteiger partial charge is 0.308 e. The van der Waals surface area contributed by atoms with Crippen LogP contribution >= 0.6 is 0 Å². The lowest BCUT2D eigenvalue weighted by Gasteiger charge is -2.53. The van der Waals surface area contributed by atoms with Gasteiger partial charge < -0.3 is 14.2 Å². The third-order valence-electron chi connectivity index (χ3n) is 7.45. The zero-order chi connectivity index (χ0) is 21.6. The van der Waals surface area contributed by atoms with Crippen molar-refractivity contribution in [1.29, 1.82) is 0 Å². The van der Waals surface area contributed by atoms with E-state index in [1.807, 2.05) is 18.2 Å². The Morgan fingerprint density at radius 1 is 0.967 bits per heavy atom. The lowest BCUT2D eigenvalue weighted by Crippen LogP contribution is -2.51. The maximum Gasteiger partial charge on any atom is 0.308 e. The first kappa shape index (κ1) is 20.9. The molecule has 0 heterocycles. The van der Waals surface area contributed by atoms with E-state index in [4.69, 9.17) is 14.2 Å². The van der Waals surface area contributed by atoms with Gasteiger partial charge in [0.25, 0.3) is 0 Å². The minimum absolute atomic E-state index is 0.109. The van der Waals surface area contributed by atoms with E-state index in [0.717, 1.165) is 31.2 Å². The molecule has 3 aliphatic rings. The Morgan fingerprint density at radius 2 is 1.70 bits per heavy atom. The number of carbonyl (C=O) groups is 3. The molecule has 6 nitrogen and oxygen atoms in total. The van der Waals surface area contributed by atoms with Gasteiger partial charge in [0.05, 0.1) is 0 Å². The zero-order valence-electron chi connectivity index (χ0n) is 18.1. The predicted molar refractivity (Wildman–Crippen MR) is 109 cm³/mol. The number of fused-ring (bicyclic) bond motifs is 5. The molecule has 0 amide bonds. The number of carbonyl (C=O) groups excluding carboxylic acids is 3. The molecule has 6 unspecified atom stereocenters. The minimum Gasteiger partial charge on any atom is -0.462 e. The topological polar surface area (TPSA) is 78.9 Å². The van der Waals surface area contributed by atoms with Crippen molar-refractivity contribution in [2.75, 3.05) is 0 Å². The summed E-state index contributed by atoms with van der Waals surface area (Å²) in [6.45, 7) is 6.51. The molecule has 0 bridgehead atoms. The number of hydrogen-bond acceptors (Lipinski definition) is 6. The maximum absolute atomic E-state index is 12.0. The van der Waals surface area contributed by atoms with Crippen LogP contribution in [-0.2, 0) is 30.3 Å². The van der Waals surface area contributed by atoms with Crippen molar-refractivity contribution in [1.82, 2.24) is 0 Å². The van der Waals surface area contributed by atoms with Crippen LogP contribution in [-0.4, -0.2) is 30.1 Å². The number of rotatable bonds is 3. The summed E-state index contributed by atoms with van der Waals surface area (Å²) < 4.78 is 16.9. The molecule has 0 saturated heterocycles. The summed E-state index contributed by atoms with van der Waals surface area (Å²) in [4.78, 5) is 35.0. The molecule has 3 aliphatic carbocycles. The summed E-state index contributed by atoms with van der Waals surface area (Å²) in [6.07, 6.45) is 4.03. The molecule has 0 radical (unpaired) electrons. The third-order valence-corrected chi connectivity index (χ3v) is 7.45. The summed E-state index contributed by atoms with van der Waals surface area (Å²) in [6, 6.07) is 5.81. The van der Waals surface area contributed by atoms with Crippen LogP contribution in [0, 0.1) is 17.3 Å². The fraction of sp³-hybridized carbons (Fsp3) is 0.625. The predicted octanol–water partition coefficient (Wildman–Crippen LogP) is 3.94. The molecule has 1 aromatic rings. The van der Waals surface area contributed by atoms with Crippen molar-refractivity contribution in [2.24, 2.45) is 17.3 Å². The Labute approximate surface area is 177 Å². The van der Waals surface area contributed by atoms with E-state index in [1.165, 1.54) is 26.3 Å². The lowest BCUT2D eigenvalue weighted by atomic mass is 9.54. The molecule has 0 aliphatic heterocycles. The van der Waals surface area contributed by atoms with E-state index >= 15 is 0 Å². The van der Waals surface area contributed by atoms with E-state index in [0.29, 0.717) is 24.0 Å². The highest BCUT2D eigenvalue weighted by molar-refractivity contribution is 5.69. The highest BCUT2D eigenvalue weighted by Gasteiger charge is 2.60. The molecule has 2 fully saturated rings. The second-order valence-electron chi connectivity index (χ2n) is 9.32. The van der Waals surface area contributed by atoms with Crippen molar-refractivity contribution in [3.63, 3.8) is 0 Å². The molecule has 4 rings (SSSR count). The van der Waals surface area contributed by atoms with E-state index < -0.39 is 0 Å². The van der Waals surface area contributed by atoms with Gasteiger partial charge in [-0.3, -0.25) is 14.4 Å². The number of benzene rings is 1. The van der Waals surface area contributed by atoms with Crippen molar-refractivity contribution in [3.8, 4) is 5.75 Å².